The van der Waals surface area contributed by atoms with E-state index in [1.165, 1.54) is 0 Å². The lowest BCUT2D eigenvalue weighted by Crippen LogP contribution is -2.14. The minimum atomic E-state index is -0.253. The van der Waals surface area contributed by atoms with Gasteiger partial charge in [-0.1, -0.05) is 48.8 Å². The van der Waals surface area contributed by atoms with Gasteiger partial charge in [0.25, 0.3) is 0 Å². The highest BCUT2D eigenvalue weighted by Gasteiger charge is 2.16. The molecule has 0 aliphatic rings. The van der Waals surface area contributed by atoms with Gasteiger partial charge in [-0.2, -0.15) is 0 Å². The Kier molecular flexibility index (Phi) is 5.59. The van der Waals surface area contributed by atoms with E-state index in [9.17, 15) is 4.79 Å². The number of pyridine rings is 1. The summed E-state index contributed by atoms with van der Waals surface area (Å²) in [7, 11) is 1.60. The number of H-pyrrole nitrogens is 1. The largest absolute Gasteiger partial charge is 0.493 e. The van der Waals surface area contributed by atoms with Crippen molar-refractivity contribution in [3.63, 3.8) is 0 Å². The van der Waals surface area contributed by atoms with E-state index in [0.717, 1.165) is 22.2 Å². The summed E-state index contributed by atoms with van der Waals surface area (Å²) in [5.74, 6) is 6.97. The number of fused-ring (bicyclic) bond motifs is 3. The molecule has 2 heterocycles. The average molecular weight is 447 g/mol. The zero-order valence-corrected chi connectivity index (χ0v) is 18.5. The summed E-state index contributed by atoms with van der Waals surface area (Å²) >= 11 is 0. The van der Waals surface area contributed by atoms with Crippen molar-refractivity contribution in [1.82, 2.24) is 14.5 Å². The van der Waals surface area contributed by atoms with Gasteiger partial charge in [-0.05, 0) is 42.0 Å². The van der Waals surface area contributed by atoms with E-state index in [1.807, 2.05) is 66.7 Å². The summed E-state index contributed by atoms with van der Waals surface area (Å²) in [6, 6.07) is 21.1. The Balaban J connectivity index is 1.65. The smallest absolute Gasteiger partial charge is 0.331 e. The topological polar surface area (TPSA) is 69.1 Å². The van der Waals surface area contributed by atoms with Crippen molar-refractivity contribution in [3.05, 3.63) is 107 Å². The summed E-state index contributed by atoms with van der Waals surface area (Å²) in [6.07, 6.45) is 3.20. The number of ether oxygens (including phenoxy) is 2. The van der Waals surface area contributed by atoms with Gasteiger partial charge >= 0.3 is 5.69 Å². The lowest BCUT2D eigenvalue weighted by molar-refractivity contribution is 0.285. The molecule has 6 heteroatoms. The van der Waals surface area contributed by atoms with Crippen LogP contribution >= 0.6 is 0 Å². The molecule has 1 N–H and O–H groups in total. The monoisotopic (exact) mass is 447 g/mol. The first-order chi connectivity index (χ1) is 16.7. The van der Waals surface area contributed by atoms with Crippen molar-refractivity contribution in [2.75, 3.05) is 7.11 Å². The highest BCUT2D eigenvalue weighted by Crippen LogP contribution is 2.35. The molecule has 5 aromatic rings. The van der Waals surface area contributed by atoms with Crippen LogP contribution < -0.4 is 15.2 Å². The summed E-state index contributed by atoms with van der Waals surface area (Å²) in [6.45, 7) is 4.00. The molecule has 0 atom stereocenters. The molecule has 34 heavy (non-hydrogen) atoms. The Labute approximate surface area is 196 Å². The van der Waals surface area contributed by atoms with Crippen LogP contribution in [0, 0.1) is 11.8 Å². The third-order valence-corrected chi connectivity index (χ3v) is 5.47. The van der Waals surface area contributed by atoms with Gasteiger partial charge < -0.3 is 14.5 Å². The lowest BCUT2D eigenvalue weighted by Gasteiger charge is -2.13. The minimum absolute atomic E-state index is 0.253. The first kappa shape index (κ1) is 21.1. The number of imidazole rings is 1. The van der Waals surface area contributed by atoms with Crippen molar-refractivity contribution in [1.29, 1.82) is 0 Å². The van der Waals surface area contributed by atoms with Crippen LogP contribution in [-0.2, 0) is 6.61 Å². The Morgan fingerprint density at radius 2 is 1.88 bits per heavy atom. The van der Waals surface area contributed by atoms with Gasteiger partial charge in [-0.25, -0.2) is 4.79 Å². The quantitative estimate of drug-likeness (QED) is 0.385. The number of aromatic nitrogens is 3. The fraction of sp³-hybridized carbons (Fsp3) is 0.0714. The van der Waals surface area contributed by atoms with Crippen LogP contribution in [-0.4, -0.2) is 21.6 Å². The van der Waals surface area contributed by atoms with E-state index in [1.54, 1.807) is 23.9 Å². The van der Waals surface area contributed by atoms with E-state index in [0.29, 0.717) is 34.7 Å². The molecule has 166 valence electrons. The highest BCUT2D eigenvalue weighted by atomic mass is 16.5. The molecular weight excluding hydrogens is 426 g/mol. The number of allylic oxidation sites excluding steroid dienone is 1. The van der Waals surface area contributed by atoms with Crippen LogP contribution in [0.3, 0.4) is 0 Å². The SMILES string of the molecule is C=CC#Cc1ccc(-n2c(=O)[nH]c3cnc4cc(OC)c(OCc5ccccc5)cc4c32)cc1. The molecule has 0 bridgehead atoms. The van der Waals surface area contributed by atoms with E-state index in [-0.39, 0.29) is 5.69 Å². The molecule has 0 saturated carbocycles. The first-order valence-electron chi connectivity index (χ1n) is 10.7. The van der Waals surface area contributed by atoms with Crippen LogP contribution in [0.5, 0.6) is 11.5 Å². The minimum Gasteiger partial charge on any atom is -0.493 e. The molecule has 0 fully saturated rings. The number of hydrogen-bond acceptors (Lipinski definition) is 4. The predicted molar refractivity (Wildman–Crippen MR) is 134 cm³/mol. The normalized spacial score (nSPS) is 10.6. The molecule has 0 aliphatic carbocycles. The van der Waals surface area contributed by atoms with E-state index >= 15 is 0 Å². The fourth-order valence-electron chi connectivity index (χ4n) is 3.87. The van der Waals surface area contributed by atoms with Gasteiger partial charge in [0.2, 0.25) is 0 Å². The van der Waals surface area contributed by atoms with E-state index in [2.05, 4.69) is 28.4 Å². The molecular formula is C28H21N3O3. The summed E-state index contributed by atoms with van der Waals surface area (Å²) in [4.78, 5) is 20.4. The Hall–Kier alpha value is -4.76. The van der Waals surface area contributed by atoms with Crippen LogP contribution in [0.1, 0.15) is 11.1 Å². The third kappa shape index (κ3) is 3.91. The molecule has 5 rings (SSSR count). The Bertz CT molecular complexity index is 1620. The fourth-order valence-corrected chi connectivity index (χ4v) is 3.87. The van der Waals surface area contributed by atoms with Crippen LogP contribution in [0.25, 0.3) is 27.6 Å². The molecule has 6 nitrogen and oxygen atoms in total. The lowest BCUT2D eigenvalue weighted by atomic mass is 10.1. The zero-order valence-electron chi connectivity index (χ0n) is 18.5. The van der Waals surface area contributed by atoms with Crippen LogP contribution in [0.4, 0.5) is 0 Å². The van der Waals surface area contributed by atoms with Crippen molar-refractivity contribution >= 4 is 21.9 Å². The molecule has 0 aliphatic heterocycles. The standard InChI is InChI=1S/C28H21N3O3/c1-3-4-8-19-11-13-21(14-12-19)31-27-22-15-26(34-18-20-9-6-5-7-10-20)25(33-2)16-23(22)29-17-24(27)30-28(31)32/h3,5-7,9-17H,1,18H2,2H3,(H,30,32). The van der Waals surface area contributed by atoms with Crippen LogP contribution in [0.15, 0.2) is 90.4 Å². The summed E-state index contributed by atoms with van der Waals surface area (Å²) in [5.41, 5.74) is 4.38. The molecule has 0 spiro atoms. The van der Waals surface area contributed by atoms with Gasteiger partial charge in [0.1, 0.15) is 6.61 Å². The number of hydrogen-bond donors (Lipinski definition) is 1. The van der Waals surface area contributed by atoms with Gasteiger partial charge in [-0.15, -0.1) is 0 Å². The maximum atomic E-state index is 12.9. The molecule has 0 unspecified atom stereocenters. The number of aromatic amines is 1. The Morgan fingerprint density at radius 3 is 2.62 bits per heavy atom. The van der Waals surface area contributed by atoms with Crippen molar-refractivity contribution < 1.29 is 9.47 Å². The average Bonchev–Trinajstić information content (AvgIpc) is 3.22. The second-order valence-electron chi connectivity index (χ2n) is 7.60. The van der Waals surface area contributed by atoms with E-state index in [4.69, 9.17) is 9.47 Å². The number of nitrogens with one attached hydrogen (secondary N) is 1. The molecule has 3 aromatic carbocycles. The molecule has 0 radical (unpaired) electrons. The second kappa shape index (κ2) is 9.00. The highest BCUT2D eigenvalue weighted by molar-refractivity contribution is 6.04. The van der Waals surface area contributed by atoms with Gasteiger partial charge in [0, 0.05) is 17.0 Å². The van der Waals surface area contributed by atoms with Crippen molar-refractivity contribution in [2.45, 2.75) is 6.61 Å². The number of rotatable bonds is 5. The van der Waals surface area contributed by atoms with Gasteiger partial charge in [0.05, 0.1) is 35.5 Å². The summed E-state index contributed by atoms with van der Waals surface area (Å²) < 4.78 is 13.3. The molecule has 0 saturated heterocycles. The number of benzene rings is 3. The molecule has 2 aromatic heterocycles. The predicted octanol–water partition coefficient (Wildman–Crippen LogP) is 4.99. The zero-order chi connectivity index (χ0) is 23.5. The Morgan fingerprint density at radius 1 is 1.09 bits per heavy atom. The van der Waals surface area contributed by atoms with Gasteiger partial charge in [0.15, 0.2) is 11.5 Å². The number of nitrogens with zero attached hydrogens (tertiary/aromatic N) is 2. The maximum Gasteiger partial charge on any atom is 0.331 e. The third-order valence-electron chi connectivity index (χ3n) is 5.47. The van der Waals surface area contributed by atoms with Crippen molar-refractivity contribution in [2.24, 2.45) is 0 Å². The van der Waals surface area contributed by atoms with E-state index < -0.39 is 0 Å². The first-order valence-corrected chi connectivity index (χ1v) is 10.7. The maximum absolute atomic E-state index is 12.9. The molecule has 0 amide bonds. The number of methoxy groups -OCH3 is 1. The summed E-state index contributed by atoms with van der Waals surface area (Å²) in [5, 5.41) is 0.773. The second-order valence-corrected chi connectivity index (χ2v) is 7.60. The van der Waals surface area contributed by atoms with Crippen molar-refractivity contribution in [3.8, 4) is 29.0 Å². The van der Waals surface area contributed by atoms with Gasteiger partial charge in [-0.3, -0.25) is 9.55 Å². The van der Waals surface area contributed by atoms with Crippen LogP contribution in [0.2, 0.25) is 0 Å².